The Balaban J connectivity index is 1.82. The van der Waals surface area contributed by atoms with E-state index >= 15 is 0 Å². The standard InChI is InChI=1S/C22H29N3O/c1-4-22(26)23-15-21(18-9-11-20(12-10-18)24(2)3)25-14-13-17-7-5-6-8-19(17)16-25/h5-12,21H,4,13-16H2,1-3H3,(H,23,26). The van der Waals surface area contributed by atoms with Crippen LogP contribution < -0.4 is 10.2 Å². The van der Waals surface area contributed by atoms with Crippen LogP contribution in [-0.4, -0.2) is 38.0 Å². The van der Waals surface area contributed by atoms with Crippen LogP contribution in [0.25, 0.3) is 0 Å². The molecule has 3 rings (SSSR count). The smallest absolute Gasteiger partial charge is 0.219 e. The van der Waals surface area contributed by atoms with Crippen LogP contribution in [0.3, 0.4) is 0 Å². The lowest BCUT2D eigenvalue weighted by atomic mass is 9.96. The van der Waals surface area contributed by atoms with Crippen LogP contribution in [0.4, 0.5) is 5.69 Å². The Kier molecular flexibility index (Phi) is 5.94. The molecule has 138 valence electrons. The first-order valence-electron chi connectivity index (χ1n) is 9.43. The Labute approximate surface area is 156 Å². The molecule has 1 N–H and O–H groups in total. The zero-order valence-corrected chi connectivity index (χ0v) is 16.0. The lowest BCUT2D eigenvalue weighted by Crippen LogP contribution is -2.40. The Morgan fingerprint density at radius 3 is 2.46 bits per heavy atom. The number of hydrogen-bond acceptors (Lipinski definition) is 3. The lowest BCUT2D eigenvalue weighted by molar-refractivity contribution is -0.121. The summed E-state index contributed by atoms with van der Waals surface area (Å²) >= 11 is 0. The number of hydrogen-bond donors (Lipinski definition) is 1. The van der Waals surface area contributed by atoms with Crippen molar-refractivity contribution in [1.29, 1.82) is 0 Å². The summed E-state index contributed by atoms with van der Waals surface area (Å²) in [5.41, 5.74) is 5.29. The van der Waals surface area contributed by atoms with Crippen molar-refractivity contribution in [2.45, 2.75) is 32.4 Å². The van der Waals surface area contributed by atoms with Gasteiger partial charge < -0.3 is 10.2 Å². The topological polar surface area (TPSA) is 35.6 Å². The van der Waals surface area contributed by atoms with E-state index in [-0.39, 0.29) is 11.9 Å². The van der Waals surface area contributed by atoms with E-state index in [1.807, 2.05) is 6.92 Å². The average molecular weight is 351 g/mol. The number of nitrogens with one attached hydrogen (secondary N) is 1. The largest absolute Gasteiger partial charge is 0.378 e. The average Bonchev–Trinajstić information content (AvgIpc) is 2.68. The molecule has 0 spiro atoms. The number of benzene rings is 2. The first-order valence-corrected chi connectivity index (χ1v) is 9.43. The summed E-state index contributed by atoms with van der Waals surface area (Å²) in [5.74, 6) is 0.109. The molecule has 1 unspecified atom stereocenters. The van der Waals surface area contributed by atoms with E-state index in [4.69, 9.17) is 0 Å². The SMILES string of the molecule is CCC(=O)NCC(c1ccc(N(C)C)cc1)N1CCc2ccccc2C1. The molecule has 26 heavy (non-hydrogen) atoms. The Bertz CT molecular complexity index is 739. The minimum absolute atomic E-state index is 0.109. The molecule has 1 aliphatic rings. The predicted octanol–water partition coefficient (Wildman–Crippen LogP) is 3.38. The minimum Gasteiger partial charge on any atom is -0.378 e. The van der Waals surface area contributed by atoms with Gasteiger partial charge in [0.1, 0.15) is 0 Å². The second-order valence-electron chi connectivity index (χ2n) is 7.15. The van der Waals surface area contributed by atoms with Crippen LogP contribution in [0, 0.1) is 0 Å². The van der Waals surface area contributed by atoms with Gasteiger partial charge in [-0.3, -0.25) is 9.69 Å². The monoisotopic (exact) mass is 351 g/mol. The lowest BCUT2D eigenvalue weighted by Gasteiger charge is -2.36. The van der Waals surface area contributed by atoms with Crippen molar-refractivity contribution >= 4 is 11.6 Å². The summed E-state index contributed by atoms with van der Waals surface area (Å²) in [6.07, 6.45) is 1.58. The Morgan fingerprint density at radius 1 is 1.12 bits per heavy atom. The molecule has 0 aromatic heterocycles. The first-order chi connectivity index (χ1) is 12.6. The third-order valence-electron chi connectivity index (χ3n) is 5.21. The molecule has 4 heteroatoms. The van der Waals surface area contributed by atoms with Crippen LogP contribution in [0.1, 0.15) is 36.1 Å². The van der Waals surface area contributed by atoms with Crippen LogP contribution in [-0.2, 0) is 17.8 Å². The first kappa shape index (κ1) is 18.5. The fraction of sp³-hybridized carbons (Fsp3) is 0.409. The number of fused-ring (bicyclic) bond motifs is 1. The highest BCUT2D eigenvalue weighted by Crippen LogP contribution is 2.28. The van der Waals surface area contributed by atoms with E-state index in [0.717, 1.165) is 19.5 Å². The van der Waals surface area contributed by atoms with Crippen LogP contribution in [0.2, 0.25) is 0 Å². The highest BCUT2D eigenvalue weighted by Gasteiger charge is 2.25. The number of nitrogens with zero attached hydrogens (tertiary/aromatic N) is 2. The van der Waals surface area contributed by atoms with Crippen molar-refractivity contribution in [2.24, 2.45) is 0 Å². The van der Waals surface area contributed by atoms with Gasteiger partial charge in [-0.1, -0.05) is 43.3 Å². The summed E-state index contributed by atoms with van der Waals surface area (Å²) in [6.45, 7) is 4.49. The third kappa shape index (κ3) is 4.25. The summed E-state index contributed by atoms with van der Waals surface area (Å²) in [7, 11) is 4.10. The molecular weight excluding hydrogens is 322 g/mol. The molecule has 1 heterocycles. The second-order valence-corrected chi connectivity index (χ2v) is 7.15. The van der Waals surface area contributed by atoms with E-state index in [0.29, 0.717) is 13.0 Å². The third-order valence-corrected chi connectivity index (χ3v) is 5.21. The van der Waals surface area contributed by atoms with E-state index in [2.05, 4.69) is 77.7 Å². The molecule has 0 bridgehead atoms. The number of carbonyl (C=O) groups excluding carboxylic acids is 1. The number of anilines is 1. The minimum atomic E-state index is 0.109. The normalized spacial score (nSPS) is 15.2. The van der Waals surface area contributed by atoms with Crippen LogP contribution in [0.5, 0.6) is 0 Å². The van der Waals surface area contributed by atoms with Gasteiger partial charge in [0.05, 0.1) is 6.04 Å². The van der Waals surface area contributed by atoms with Crippen molar-refractivity contribution < 1.29 is 4.79 Å². The number of carbonyl (C=O) groups is 1. The maximum atomic E-state index is 11.8. The molecule has 0 aliphatic carbocycles. The molecular formula is C22H29N3O. The molecule has 1 atom stereocenters. The number of rotatable bonds is 6. The molecule has 2 aromatic carbocycles. The zero-order chi connectivity index (χ0) is 18.5. The molecule has 1 amide bonds. The van der Waals surface area contributed by atoms with Gasteiger partial charge in [0.2, 0.25) is 5.91 Å². The van der Waals surface area contributed by atoms with E-state index in [1.165, 1.54) is 22.4 Å². The van der Waals surface area contributed by atoms with Crippen molar-refractivity contribution in [3.8, 4) is 0 Å². The summed E-state index contributed by atoms with van der Waals surface area (Å²) in [5, 5.41) is 3.10. The maximum absolute atomic E-state index is 11.8. The van der Waals surface area contributed by atoms with E-state index < -0.39 is 0 Å². The van der Waals surface area contributed by atoms with Gasteiger partial charge in [0, 0.05) is 45.8 Å². The molecule has 0 saturated heterocycles. The summed E-state index contributed by atoms with van der Waals surface area (Å²) in [6, 6.07) is 17.6. The Hall–Kier alpha value is -2.33. The van der Waals surface area contributed by atoms with Gasteiger partial charge in [0.15, 0.2) is 0 Å². The van der Waals surface area contributed by atoms with Crippen molar-refractivity contribution in [3.63, 3.8) is 0 Å². The fourth-order valence-electron chi connectivity index (χ4n) is 3.57. The summed E-state index contributed by atoms with van der Waals surface area (Å²) < 4.78 is 0. The van der Waals surface area contributed by atoms with Crippen molar-refractivity contribution in [3.05, 3.63) is 65.2 Å². The van der Waals surface area contributed by atoms with Gasteiger partial charge in [-0.2, -0.15) is 0 Å². The fourth-order valence-corrected chi connectivity index (χ4v) is 3.57. The quantitative estimate of drug-likeness (QED) is 0.867. The molecule has 0 fully saturated rings. The van der Waals surface area contributed by atoms with Gasteiger partial charge in [-0.25, -0.2) is 0 Å². The summed E-state index contributed by atoms with van der Waals surface area (Å²) in [4.78, 5) is 16.4. The Morgan fingerprint density at radius 2 is 1.81 bits per heavy atom. The highest BCUT2D eigenvalue weighted by molar-refractivity contribution is 5.75. The molecule has 1 aliphatic heterocycles. The van der Waals surface area contributed by atoms with Crippen molar-refractivity contribution in [1.82, 2.24) is 10.2 Å². The van der Waals surface area contributed by atoms with Crippen LogP contribution >= 0.6 is 0 Å². The van der Waals surface area contributed by atoms with Crippen LogP contribution in [0.15, 0.2) is 48.5 Å². The van der Waals surface area contributed by atoms with Gasteiger partial charge in [0.25, 0.3) is 0 Å². The molecule has 4 nitrogen and oxygen atoms in total. The molecule has 2 aromatic rings. The molecule has 0 saturated carbocycles. The number of amides is 1. The van der Waals surface area contributed by atoms with Gasteiger partial charge in [-0.05, 0) is 35.2 Å². The van der Waals surface area contributed by atoms with Gasteiger partial charge in [-0.15, -0.1) is 0 Å². The predicted molar refractivity (Wildman–Crippen MR) is 107 cm³/mol. The van der Waals surface area contributed by atoms with Crippen molar-refractivity contribution in [2.75, 3.05) is 32.1 Å². The zero-order valence-electron chi connectivity index (χ0n) is 16.0. The van der Waals surface area contributed by atoms with Gasteiger partial charge >= 0.3 is 0 Å². The molecule has 0 radical (unpaired) electrons. The highest BCUT2D eigenvalue weighted by atomic mass is 16.1. The second kappa shape index (κ2) is 8.37. The van der Waals surface area contributed by atoms with E-state index in [1.54, 1.807) is 0 Å². The van der Waals surface area contributed by atoms with E-state index in [9.17, 15) is 4.79 Å². The maximum Gasteiger partial charge on any atom is 0.219 e.